The summed E-state index contributed by atoms with van der Waals surface area (Å²) in [6.07, 6.45) is 1.29. The van der Waals surface area contributed by atoms with E-state index in [4.69, 9.17) is 0 Å². The van der Waals surface area contributed by atoms with Crippen molar-refractivity contribution in [2.75, 3.05) is 5.32 Å². The van der Waals surface area contributed by atoms with Crippen molar-refractivity contribution < 1.29 is 9.31 Å². The zero-order valence-electron chi connectivity index (χ0n) is 13.2. The van der Waals surface area contributed by atoms with Crippen molar-refractivity contribution in [1.29, 1.82) is 5.26 Å². The first kappa shape index (κ1) is 17.3. The fourth-order valence-electron chi connectivity index (χ4n) is 2.17. The van der Waals surface area contributed by atoms with Crippen molar-refractivity contribution in [1.82, 2.24) is 4.98 Å². The number of anilines is 1. The topological polar surface area (TPSA) is 91.8 Å². The van der Waals surface area contributed by atoms with Crippen LogP contribution in [-0.2, 0) is 0 Å². The first-order valence-electron chi connectivity index (χ1n) is 7.40. The van der Waals surface area contributed by atoms with Crippen molar-refractivity contribution in [2.24, 2.45) is 0 Å². The number of rotatable bonds is 5. The standard InChI is InChI=1S/C18H11FN4O2S/c19-15-7-6-14(23(24)25)8-16(15)21-10-13(9-20)18-22-17(11-26-18)12-4-2-1-3-5-12/h1-8,10-11,21H. The molecule has 0 aliphatic carbocycles. The Morgan fingerprint density at radius 2 is 2.08 bits per heavy atom. The second kappa shape index (κ2) is 7.55. The van der Waals surface area contributed by atoms with E-state index in [0.29, 0.717) is 5.01 Å². The Kier molecular flexibility index (Phi) is 5.01. The Bertz CT molecular complexity index is 1030. The number of hydrogen-bond acceptors (Lipinski definition) is 6. The summed E-state index contributed by atoms with van der Waals surface area (Å²) in [5, 5.41) is 25.0. The number of nitro groups is 1. The number of benzene rings is 2. The molecule has 3 rings (SSSR count). The molecule has 0 unspecified atom stereocenters. The molecule has 0 saturated heterocycles. The molecule has 1 aromatic heterocycles. The maximum absolute atomic E-state index is 13.8. The van der Waals surface area contributed by atoms with Crippen LogP contribution in [-0.4, -0.2) is 9.91 Å². The maximum atomic E-state index is 13.8. The lowest BCUT2D eigenvalue weighted by atomic mass is 10.2. The average Bonchev–Trinajstić information content (AvgIpc) is 3.14. The Hall–Kier alpha value is -3.57. The van der Waals surface area contributed by atoms with Gasteiger partial charge < -0.3 is 5.32 Å². The highest BCUT2D eigenvalue weighted by Gasteiger charge is 2.12. The Balaban J connectivity index is 1.86. The monoisotopic (exact) mass is 366 g/mol. The second-order valence-corrected chi connectivity index (χ2v) is 6.00. The fourth-order valence-corrected chi connectivity index (χ4v) is 2.96. The van der Waals surface area contributed by atoms with Crippen LogP contribution < -0.4 is 5.32 Å². The van der Waals surface area contributed by atoms with Crippen molar-refractivity contribution in [2.45, 2.75) is 0 Å². The third kappa shape index (κ3) is 3.74. The molecule has 0 aliphatic rings. The molecular formula is C18H11FN4O2S. The fraction of sp³-hybridized carbons (Fsp3) is 0. The van der Waals surface area contributed by atoms with Crippen LogP contribution in [0, 0.1) is 27.3 Å². The summed E-state index contributed by atoms with van der Waals surface area (Å²) in [5.41, 5.74) is 1.51. The van der Waals surface area contributed by atoms with Gasteiger partial charge in [0.05, 0.1) is 16.3 Å². The van der Waals surface area contributed by atoms with E-state index >= 15 is 0 Å². The van der Waals surface area contributed by atoms with Crippen LogP contribution in [0.4, 0.5) is 15.8 Å². The predicted molar refractivity (Wildman–Crippen MR) is 97.8 cm³/mol. The molecule has 1 N–H and O–H groups in total. The van der Waals surface area contributed by atoms with Gasteiger partial charge in [-0.15, -0.1) is 11.3 Å². The molecule has 0 spiro atoms. The predicted octanol–water partition coefficient (Wildman–Crippen LogP) is 4.83. The van der Waals surface area contributed by atoms with E-state index in [1.54, 1.807) is 0 Å². The van der Waals surface area contributed by atoms with Gasteiger partial charge in [-0.05, 0) is 6.07 Å². The summed E-state index contributed by atoms with van der Waals surface area (Å²) in [5.74, 6) is -0.659. The first-order valence-corrected chi connectivity index (χ1v) is 8.28. The molecule has 1 heterocycles. The number of allylic oxidation sites excluding steroid dienone is 1. The van der Waals surface area contributed by atoms with Crippen molar-refractivity contribution in [3.63, 3.8) is 0 Å². The van der Waals surface area contributed by atoms with Crippen LogP contribution in [0.15, 0.2) is 60.1 Å². The van der Waals surface area contributed by atoms with Gasteiger partial charge in [-0.1, -0.05) is 30.3 Å². The van der Waals surface area contributed by atoms with Crippen molar-refractivity contribution in [3.8, 4) is 17.3 Å². The van der Waals surface area contributed by atoms with Gasteiger partial charge in [0, 0.05) is 29.3 Å². The summed E-state index contributed by atoms with van der Waals surface area (Å²) >= 11 is 1.28. The number of nitro benzene ring substituents is 1. The lowest BCUT2D eigenvalue weighted by Crippen LogP contribution is -1.96. The Labute approximate surface area is 152 Å². The van der Waals surface area contributed by atoms with Crippen LogP contribution in [0.5, 0.6) is 0 Å². The van der Waals surface area contributed by atoms with Crippen LogP contribution in [0.3, 0.4) is 0 Å². The van der Waals surface area contributed by atoms with Crippen molar-refractivity contribution in [3.05, 3.63) is 81.1 Å². The lowest BCUT2D eigenvalue weighted by molar-refractivity contribution is -0.384. The van der Waals surface area contributed by atoms with E-state index in [-0.39, 0.29) is 16.9 Å². The highest BCUT2D eigenvalue weighted by atomic mass is 32.1. The number of halogens is 1. The number of nitrogens with zero attached hydrogens (tertiary/aromatic N) is 3. The van der Waals surface area contributed by atoms with Crippen LogP contribution in [0.1, 0.15) is 5.01 Å². The number of non-ortho nitro benzene ring substituents is 1. The third-order valence-corrected chi connectivity index (χ3v) is 4.33. The number of thiazole rings is 1. The lowest BCUT2D eigenvalue weighted by Gasteiger charge is -2.03. The zero-order valence-corrected chi connectivity index (χ0v) is 14.0. The molecule has 0 atom stereocenters. The van der Waals surface area contributed by atoms with Gasteiger partial charge in [0.25, 0.3) is 5.69 Å². The summed E-state index contributed by atoms with van der Waals surface area (Å²) in [4.78, 5) is 14.6. The molecule has 0 amide bonds. The minimum atomic E-state index is -0.659. The molecule has 6 nitrogen and oxygen atoms in total. The number of nitrogens with one attached hydrogen (secondary N) is 1. The molecule has 0 aliphatic heterocycles. The van der Waals surface area contributed by atoms with Gasteiger partial charge in [0.1, 0.15) is 22.5 Å². The van der Waals surface area contributed by atoms with Crippen LogP contribution >= 0.6 is 11.3 Å². The second-order valence-electron chi connectivity index (χ2n) is 5.14. The smallest absolute Gasteiger partial charge is 0.271 e. The molecule has 0 saturated carbocycles. The Morgan fingerprint density at radius 3 is 2.77 bits per heavy atom. The number of hydrogen-bond donors (Lipinski definition) is 1. The highest BCUT2D eigenvalue weighted by molar-refractivity contribution is 7.11. The minimum absolute atomic E-state index is 0.0909. The quantitative estimate of drug-likeness (QED) is 0.396. The summed E-state index contributed by atoms with van der Waals surface area (Å²) in [6, 6.07) is 14.6. The molecule has 2 aromatic carbocycles. The molecular weight excluding hydrogens is 355 g/mol. The highest BCUT2D eigenvalue weighted by Crippen LogP contribution is 2.27. The first-order chi connectivity index (χ1) is 12.6. The van der Waals surface area contributed by atoms with E-state index < -0.39 is 10.7 Å². The minimum Gasteiger partial charge on any atom is -0.358 e. The molecule has 0 radical (unpaired) electrons. The van der Waals surface area contributed by atoms with E-state index in [9.17, 15) is 19.8 Å². The summed E-state index contributed by atoms with van der Waals surface area (Å²) in [7, 11) is 0. The van der Waals surface area contributed by atoms with E-state index in [1.165, 1.54) is 17.5 Å². The van der Waals surface area contributed by atoms with Gasteiger partial charge in [0.2, 0.25) is 0 Å². The van der Waals surface area contributed by atoms with Gasteiger partial charge in [-0.25, -0.2) is 9.37 Å². The molecule has 0 bridgehead atoms. The van der Waals surface area contributed by atoms with Gasteiger partial charge in [-0.3, -0.25) is 10.1 Å². The molecule has 3 aromatic rings. The van der Waals surface area contributed by atoms with Crippen LogP contribution in [0.2, 0.25) is 0 Å². The molecule has 8 heteroatoms. The maximum Gasteiger partial charge on any atom is 0.271 e. The van der Waals surface area contributed by atoms with Crippen LogP contribution in [0.25, 0.3) is 16.8 Å². The average molecular weight is 366 g/mol. The SMILES string of the molecule is N#CC(=CNc1cc([N+](=O)[O-])ccc1F)c1nc(-c2ccccc2)cs1. The van der Waals surface area contributed by atoms with E-state index in [0.717, 1.165) is 29.5 Å². The van der Waals surface area contributed by atoms with Gasteiger partial charge in [0.15, 0.2) is 0 Å². The summed E-state index contributed by atoms with van der Waals surface area (Å²) in [6.45, 7) is 0. The molecule has 128 valence electrons. The number of nitriles is 1. The Morgan fingerprint density at radius 1 is 1.31 bits per heavy atom. The molecule has 0 fully saturated rings. The van der Waals surface area contributed by atoms with E-state index in [2.05, 4.69) is 10.3 Å². The van der Waals surface area contributed by atoms with Crippen molar-refractivity contribution >= 4 is 28.3 Å². The third-order valence-electron chi connectivity index (χ3n) is 3.46. The normalized spacial score (nSPS) is 11.0. The summed E-state index contributed by atoms with van der Waals surface area (Å²) < 4.78 is 13.8. The molecule has 26 heavy (non-hydrogen) atoms. The van der Waals surface area contributed by atoms with E-state index in [1.807, 2.05) is 41.8 Å². The largest absolute Gasteiger partial charge is 0.358 e. The van der Waals surface area contributed by atoms with Gasteiger partial charge >= 0.3 is 0 Å². The zero-order chi connectivity index (χ0) is 18.5. The number of aromatic nitrogens is 1. The van der Waals surface area contributed by atoms with Gasteiger partial charge in [-0.2, -0.15) is 5.26 Å².